The largest absolute Gasteiger partial charge is 0.372 e. The molecule has 0 amide bonds. The van der Waals surface area contributed by atoms with E-state index in [0.717, 1.165) is 5.69 Å². The molecule has 0 unspecified atom stereocenters. The summed E-state index contributed by atoms with van der Waals surface area (Å²) in [4.78, 5) is 7.13. The number of benzene rings is 2. The van der Waals surface area contributed by atoms with Crippen LogP contribution in [0.15, 0.2) is 41.4 Å². The van der Waals surface area contributed by atoms with E-state index in [9.17, 15) is 0 Å². The number of aliphatic imine (C=N–C) groups is 1. The maximum atomic E-state index is 4.66. The van der Waals surface area contributed by atoms with Crippen LogP contribution in [-0.2, 0) is 0 Å². The van der Waals surface area contributed by atoms with Crippen LogP contribution in [0.5, 0.6) is 0 Å². The monoisotopic (exact) mass is 404 g/mol. The summed E-state index contributed by atoms with van der Waals surface area (Å²) in [6.07, 6.45) is 4.61. The summed E-state index contributed by atoms with van der Waals surface area (Å²) >= 11 is 2.33. The summed E-state index contributed by atoms with van der Waals surface area (Å²) in [5.74, 6) is 0. The van der Waals surface area contributed by atoms with Crippen molar-refractivity contribution in [3.63, 3.8) is 0 Å². The first kappa shape index (κ1) is 15.5. The van der Waals surface area contributed by atoms with Crippen LogP contribution < -0.4 is 4.90 Å². The van der Waals surface area contributed by atoms with Gasteiger partial charge in [-0.3, -0.25) is 4.99 Å². The topological polar surface area (TPSA) is 15.6 Å². The summed E-state index contributed by atoms with van der Waals surface area (Å²) < 4.78 is 1.25. The Labute approximate surface area is 146 Å². The van der Waals surface area contributed by atoms with Crippen LogP contribution in [0.25, 0.3) is 0 Å². The lowest BCUT2D eigenvalue weighted by atomic mass is 10.1. The standard InChI is InChI=1S/C19H21IN2/c1-14-12-18(22-9-3-4-10-22)7-5-16(14)13-21-19-8-6-17(20)11-15(19)2/h5-8,11-13H,3-4,9-10H2,1-2H3. The number of rotatable bonds is 3. The maximum Gasteiger partial charge on any atom is 0.0659 e. The summed E-state index contributed by atoms with van der Waals surface area (Å²) in [5.41, 5.74) is 6.09. The van der Waals surface area contributed by atoms with Gasteiger partial charge in [0.15, 0.2) is 0 Å². The van der Waals surface area contributed by atoms with E-state index in [0.29, 0.717) is 0 Å². The molecule has 114 valence electrons. The highest BCUT2D eigenvalue weighted by molar-refractivity contribution is 14.1. The average molecular weight is 404 g/mol. The third-order valence-electron chi connectivity index (χ3n) is 4.23. The number of hydrogen-bond donors (Lipinski definition) is 0. The van der Waals surface area contributed by atoms with Gasteiger partial charge in [0.05, 0.1) is 5.69 Å². The van der Waals surface area contributed by atoms with Crippen LogP contribution in [0.2, 0.25) is 0 Å². The van der Waals surface area contributed by atoms with Gasteiger partial charge in [-0.1, -0.05) is 6.07 Å². The molecule has 1 aliphatic rings. The van der Waals surface area contributed by atoms with E-state index in [4.69, 9.17) is 0 Å². The third kappa shape index (κ3) is 3.51. The van der Waals surface area contributed by atoms with E-state index in [1.165, 1.54) is 51.9 Å². The molecular weight excluding hydrogens is 383 g/mol. The van der Waals surface area contributed by atoms with E-state index in [-0.39, 0.29) is 0 Å². The molecule has 1 saturated heterocycles. The first-order valence-electron chi connectivity index (χ1n) is 7.79. The average Bonchev–Trinajstić information content (AvgIpc) is 3.02. The number of anilines is 1. The van der Waals surface area contributed by atoms with E-state index >= 15 is 0 Å². The van der Waals surface area contributed by atoms with Gasteiger partial charge in [-0.15, -0.1) is 0 Å². The molecule has 0 N–H and O–H groups in total. The number of aryl methyl sites for hydroxylation is 2. The molecule has 0 aromatic heterocycles. The van der Waals surface area contributed by atoms with Gasteiger partial charge in [0, 0.05) is 28.6 Å². The second kappa shape index (κ2) is 6.82. The summed E-state index contributed by atoms with van der Waals surface area (Å²) in [6, 6.07) is 13.0. The lowest BCUT2D eigenvalue weighted by Gasteiger charge is -2.18. The van der Waals surface area contributed by atoms with Gasteiger partial charge in [0.25, 0.3) is 0 Å². The van der Waals surface area contributed by atoms with Gasteiger partial charge in [0.2, 0.25) is 0 Å². The smallest absolute Gasteiger partial charge is 0.0659 e. The van der Waals surface area contributed by atoms with Gasteiger partial charge in [-0.2, -0.15) is 0 Å². The molecule has 1 aliphatic heterocycles. The van der Waals surface area contributed by atoms with Crippen LogP contribution in [0, 0.1) is 17.4 Å². The normalized spacial score (nSPS) is 15.0. The Morgan fingerprint density at radius 2 is 1.77 bits per heavy atom. The van der Waals surface area contributed by atoms with Gasteiger partial charge in [-0.25, -0.2) is 0 Å². The van der Waals surface area contributed by atoms with Crippen LogP contribution in [0.3, 0.4) is 0 Å². The van der Waals surface area contributed by atoms with Crippen LogP contribution in [-0.4, -0.2) is 19.3 Å². The van der Waals surface area contributed by atoms with E-state index in [2.05, 4.69) is 82.7 Å². The van der Waals surface area contributed by atoms with E-state index in [1.54, 1.807) is 0 Å². The van der Waals surface area contributed by atoms with Crippen molar-refractivity contribution in [3.05, 3.63) is 56.7 Å². The van der Waals surface area contributed by atoms with Crippen molar-refractivity contribution in [2.75, 3.05) is 18.0 Å². The Balaban J connectivity index is 1.81. The zero-order valence-corrected chi connectivity index (χ0v) is 15.3. The third-order valence-corrected chi connectivity index (χ3v) is 4.90. The molecule has 2 nitrogen and oxygen atoms in total. The van der Waals surface area contributed by atoms with Crippen molar-refractivity contribution in [1.82, 2.24) is 0 Å². The van der Waals surface area contributed by atoms with Crippen molar-refractivity contribution >= 4 is 40.2 Å². The molecule has 0 saturated carbocycles. The highest BCUT2D eigenvalue weighted by atomic mass is 127. The summed E-state index contributed by atoms with van der Waals surface area (Å²) in [7, 11) is 0. The molecular formula is C19H21IN2. The van der Waals surface area contributed by atoms with Crippen LogP contribution in [0.4, 0.5) is 11.4 Å². The Kier molecular flexibility index (Phi) is 4.81. The van der Waals surface area contributed by atoms with E-state index < -0.39 is 0 Å². The fraction of sp³-hybridized carbons (Fsp3) is 0.316. The number of halogens is 1. The molecule has 1 heterocycles. The summed E-state index contributed by atoms with van der Waals surface area (Å²) in [6.45, 7) is 6.66. The molecule has 22 heavy (non-hydrogen) atoms. The first-order chi connectivity index (χ1) is 10.6. The zero-order valence-electron chi connectivity index (χ0n) is 13.1. The molecule has 0 radical (unpaired) electrons. The Bertz CT molecular complexity index is 701. The molecule has 1 fully saturated rings. The number of nitrogens with zero attached hydrogens (tertiary/aromatic N) is 2. The molecule has 2 aromatic carbocycles. The highest BCUT2D eigenvalue weighted by Crippen LogP contribution is 2.24. The van der Waals surface area contributed by atoms with E-state index in [1.807, 2.05) is 6.21 Å². The first-order valence-corrected chi connectivity index (χ1v) is 8.87. The lowest BCUT2D eigenvalue weighted by molar-refractivity contribution is 0.949. The van der Waals surface area contributed by atoms with Gasteiger partial charge in [-0.05, 0) is 96.3 Å². The molecule has 0 aliphatic carbocycles. The second-order valence-corrected chi connectivity index (χ2v) is 7.17. The van der Waals surface area contributed by atoms with Crippen LogP contribution >= 0.6 is 22.6 Å². The molecule has 3 rings (SSSR count). The molecule has 0 bridgehead atoms. The fourth-order valence-corrected chi connectivity index (χ4v) is 3.53. The van der Waals surface area contributed by atoms with Gasteiger partial charge in [0.1, 0.15) is 0 Å². The van der Waals surface area contributed by atoms with Gasteiger partial charge < -0.3 is 4.90 Å². The van der Waals surface area contributed by atoms with Crippen molar-refractivity contribution in [1.29, 1.82) is 0 Å². The van der Waals surface area contributed by atoms with Crippen molar-refractivity contribution < 1.29 is 0 Å². The predicted molar refractivity (Wildman–Crippen MR) is 104 cm³/mol. The van der Waals surface area contributed by atoms with Crippen molar-refractivity contribution in [3.8, 4) is 0 Å². The fourth-order valence-electron chi connectivity index (χ4n) is 2.88. The minimum absolute atomic E-state index is 1.04. The Morgan fingerprint density at radius 3 is 2.45 bits per heavy atom. The molecule has 2 aromatic rings. The highest BCUT2D eigenvalue weighted by Gasteiger charge is 2.12. The Hall–Kier alpha value is -1.36. The molecule has 0 spiro atoms. The van der Waals surface area contributed by atoms with Crippen LogP contribution in [0.1, 0.15) is 29.5 Å². The van der Waals surface area contributed by atoms with Gasteiger partial charge >= 0.3 is 0 Å². The SMILES string of the molecule is Cc1cc(N2CCCC2)ccc1C=Nc1ccc(I)cc1C. The predicted octanol–water partition coefficient (Wildman–Crippen LogP) is 5.26. The minimum atomic E-state index is 1.04. The summed E-state index contributed by atoms with van der Waals surface area (Å²) in [5, 5.41) is 0. The molecule has 0 atom stereocenters. The Morgan fingerprint density at radius 1 is 1.00 bits per heavy atom. The lowest BCUT2D eigenvalue weighted by Crippen LogP contribution is -2.17. The number of hydrogen-bond acceptors (Lipinski definition) is 2. The van der Waals surface area contributed by atoms with Crippen molar-refractivity contribution in [2.24, 2.45) is 4.99 Å². The quantitative estimate of drug-likeness (QED) is 0.504. The maximum absolute atomic E-state index is 4.66. The molecule has 3 heteroatoms. The zero-order chi connectivity index (χ0) is 15.5. The van der Waals surface area contributed by atoms with Crippen molar-refractivity contribution in [2.45, 2.75) is 26.7 Å². The second-order valence-electron chi connectivity index (χ2n) is 5.92. The minimum Gasteiger partial charge on any atom is -0.372 e.